The van der Waals surface area contributed by atoms with E-state index in [2.05, 4.69) is 120 Å². The largest absolute Gasteiger partial charge is 0.499 e. The number of ether oxygens (including phenoxy) is 11. The number of carbonyl (C=O) groups is 2. The summed E-state index contributed by atoms with van der Waals surface area (Å²) in [4.78, 5) is 25.5. The van der Waals surface area contributed by atoms with Gasteiger partial charge in [-0.15, -0.1) is 12.2 Å². The number of fused-ring (bicyclic) bond motifs is 20. The molecule has 0 aromatic heterocycles. The maximum absolute atomic E-state index is 12.7. The van der Waals surface area contributed by atoms with Gasteiger partial charge in [-0.1, -0.05) is 131 Å². The van der Waals surface area contributed by atoms with E-state index in [1.54, 1.807) is 91.9 Å². The quantitative estimate of drug-likeness (QED) is 0.108. The van der Waals surface area contributed by atoms with Gasteiger partial charge >= 0.3 is 0 Å². The molecule has 20 aliphatic carbocycles. The minimum Gasteiger partial charge on any atom is -0.499 e. The standard InChI is InChI=1S/C28H32O3S.C23H32O4.C22H30O4.C22H28O3.C20H26O3.CH4.I2/c1-27-14-11-24-23-12-15-28(30-16-17-31-28)19-20(23)7-9-25(24)26(27)10-8-21(27)13-18-32(29)22-5-3-2-4-6-22;1-15(25-3)23(24)11-8-20-19-5-4-16-14-22(26-12-13-27-22)10-7-17(16)18(19)6-9-21(20,23)2;1-14(23)22(24)10-7-19-18-4-3-15-13-21(25-11-12-26-21)9-6-16(15)17(18)5-8-20(19,22)2;1-3-21(23)10-8-19-18-5-4-15-14-22(24-12-13-25-22)11-7-16(15)17(18)6-9-20(19,21)2;1-19-8-6-15-14-7-9-20(22-10-11-23-20)12-13(14)2-3-16(15)17(19)4-5-18(19)21;;1-2/h2-6,11,18,25-26H,7-10,12,14-17,19H2,1H3;6,19-20,24H,1,4-5,7-14H2,2-3H3;5,18-19,24H,3-4,6-13H2,1-2H3;1,6,18-19,23H,4-5,7-14H2,2H3;6,16-17H,2-5,7-12H2,1H3;1H4;/t;19?,20?,21?,23-;18?,19?,20?,22-;18?,19?,20?,21-;;;/m.000.../s1. The zero-order valence-corrected chi connectivity index (χ0v) is 86.6. The molecule has 0 bridgehead atoms. The summed E-state index contributed by atoms with van der Waals surface area (Å²) in [5, 5.41) is 35.4. The fourth-order valence-corrected chi connectivity index (χ4v) is 34.3. The fourth-order valence-electron chi connectivity index (χ4n) is 33.5. The molecule has 5 spiro atoms. The number of benzene rings is 1. The average Bonchev–Trinajstić information content (AvgIpc) is 1.57. The second-order valence-corrected chi connectivity index (χ2v) is 47.7. The van der Waals surface area contributed by atoms with Gasteiger partial charge in [0.2, 0.25) is 0 Å². The van der Waals surface area contributed by atoms with Gasteiger partial charge in [0.05, 0.1) is 84.0 Å². The molecule has 10 fully saturated rings. The Balaban J connectivity index is 0.000000105. The van der Waals surface area contributed by atoms with Crippen molar-refractivity contribution in [3.8, 4) is 12.3 Å². The maximum atomic E-state index is 12.7. The Bertz CT molecular complexity index is 5360. The fraction of sp³-hybridized carbons (Fsp3) is 0.698. The van der Waals surface area contributed by atoms with Crippen LogP contribution in [-0.2, 0) is 72.5 Å². The van der Waals surface area contributed by atoms with Gasteiger partial charge in [-0.05, 0) is 326 Å². The van der Waals surface area contributed by atoms with E-state index in [1.807, 2.05) is 30.3 Å². The lowest BCUT2D eigenvalue weighted by atomic mass is 9.55. The van der Waals surface area contributed by atoms with E-state index in [0.29, 0.717) is 77.1 Å². The minimum absolute atomic E-state index is 0. The molecule has 16 unspecified atom stereocenters. The summed E-state index contributed by atoms with van der Waals surface area (Å²) in [6.45, 7) is 24.2. The van der Waals surface area contributed by atoms with Crippen LogP contribution in [0, 0.1) is 98.6 Å². The minimum atomic E-state index is -1.14. The zero-order chi connectivity index (χ0) is 93.7. The molecule has 0 radical (unpaired) electrons. The van der Waals surface area contributed by atoms with Crippen molar-refractivity contribution in [2.45, 2.75) is 356 Å². The first-order chi connectivity index (χ1) is 65.0. The SMILES string of the molecule is C.C#C[C@]1(O)CCC2C3CCC4=C(CCC5(C4)OCCO5)C3=CCC21C.C=C(OC)[C@@]1(O)CCC2C3CCC4=C(CCC5(C4)OCCO5)C3=CCC21C.CC(=O)[C@@]1(O)CCC2C3CCC4=C(CCC5(C4)OCCO5)C3=CCC21C.CC12CC=C3C4=C(CCC3C1CCC2=C=CS(=O)c1ccccc1)CC1(CC4)OCCO1.CC12CC=C3C4=C(CCC3C1CCC2=O)CC1(CC4)OCCO1.II. The Morgan fingerprint density at radius 3 is 1.11 bits per heavy atom. The number of carbonyl (C=O) groups excluding carboxylic acids is 2. The van der Waals surface area contributed by atoms with Crippen LogP contribution in [-0.4, -0.2) is 150 Å². The third-order valence-electron chi connectivity index (χ3n) is 41.0. The Labute approximate surface area is 835 Å². The van der Waals surface area contributed by atoms with E-state index in [9.17, 15) is 29.1 Å². The van der Waals surface area contributed by atoms with Crippen molar-refractivity contribution in [2.75, 3.05) is 73.2 Å². The molecule has 20 heteroatoms. The van der Waals surface area contributed by atoms with E-state index in [1.165, 1.54) is 61.7 Å². The van der Waals surface area contributed by atoms with Gasteiger partial charge in [-0.3, -0.25) is 9.59 Å². The lowest BCUT2D eigenvalue weighted by Crippen LogP contribution is -2.53. The molecule has 5 aliphatic heterocycles. The first kappa shape index (κ1) is 99.0. The average molecular weight is 2100 g/mol. The topological polar surface area (TPSA) is 213 Å². The number of hydrogen-bond donors (Lipinski definition) is 3. The molecule has 17 nitrogen and oxygen atoms in total. The van der Waals surface area contributed by atoms with Gasteiger partial charge in [0.15, 0.2) is 34.7 Å². The highest BCUT2D eigenvalue weighted by Gasteiger charge is 2.67. The Morgan fingerprint density at radius 2 is 0.743 bits per heavy atom. The molecule has 3 N–H and O–H groups in total. The summed E-state index contributed by atoms with van der Waals surface area (Å²) in [7, 11) is 0.498. The molecule has 738 valence electrons. The second-order valence-electron chi connectivity index (χ2n) is 46.4. The van der Waals surface area contributed by atoms with E-state index >= 15 is 0 Å². The summed E-state index contributed by atoms with van der Waals surface area (Å²) in [5.74, 6) is 7.69. The maximum Gasteiger partial charge on any atom is 0.172 e. The third kappa shape index (κ3) is 16.4. The monoisotopic (exact) mass is 2100 g/mol. The van der Waals surface area contributed by atoms with Gasteiger partial charge in [-0.2, -0.15) is 0 Å². The van der Waals surface area contributed by atoms with E-state index < -0.39 is 27.6 Å². The smallest absolute Gasteiger partial charge is 0.172 e. The number of aliphatic hydroxyl groups is 3. The van der Waals surface area contributed by atoms with Gasteiger partial charge < -0.3 is 67.4 Å². The first-order valence-electron chi connectivity index (χ1n) is 52.5. The number of methoxy groups -OCH3 is 1. The van der Waals surface area contributed by atoms with Crippen molar-refractivity contribution in [2.24, 2.45) is 86.3 Å². The summed E-state index contributed by atoms with van der Waals surface area (Å²) in [6.07, 6.45) is 58.7. The van der Waals surface area contributed by atoms with Crippen LogP contribution in [0.5, 0.6) is 0 Å². The van der Waals surface area contributed by atoms with Crippen molar-refractivity contribution in [1.29, 1.82) is 0 Å². The Morgan fingerprint density at radius 1 is 0.426 bits per heavy atom. The summed E-state index contributed by atoms with van der Waals surface area (Å²) in [6, 6.07) is 9.70. The lowest BCUT2D eigenvalue weighted by molar-refractivity contribution is -0.164. The molecule has 0 amide bonds. The van der Waals surface area contributed by atoms with Crippen molar-refractivity contribution in [1.82, 2.24) is 0 Å². The number of rotatable bonds is 5. The van der Waals surface area contributed by atoms with Crippen molar-refractivity contribution in [3.05, 3.63) is 173 Å². The number of Topliss-reactive ketones (excluding diaryl/α,β-unsaturated/α-hetero) is 2. The molecule has 5 heterocycles. The van der Waals surface area contributed by atoms with Gasteiger partial charge in [-0.25, -0.2) is 4.21 Å². The molecule has 19 atom stereocenters. The summed E-state index contributed by atoms with van der Waals surface area (Å²) >= 11 is 4.24. The molecular formula is C116H152I2O17S. The lowest BCUT2D eigenvalue weighted by Gasteiger charge is -2.51. The zero-order valence-electron chi connectivity index (χ0n) is 81.5. The van der Waals surface area contributed by atoms with Crippen molar-refractivity contribution < 1.29 is 81.2 Å². The molecule has 5 saturated carbocycles. The first-order valence-corrected chi connectivity index (χ1v) is 60.0. The van der Waals surface area contributed by atoms with Crippen LogP contribution in [0.4, 0.5) is 0 Å². The van der Waals surface area contributed by atoms with Gasteiger partial charge in [0.1, 0.15) is 28.3 Å². The number of hydrogen-bond acceptors (Lipinski definition) is 17. The van der Waals surface area contributed by atoms with Crippen LogP contribution >= 0.6 is 37.2 Å². The van der Waals surface area contributed by atoms with Crippen LogP contribution in [0.25, 0.3) is 0 Å². The predicted molar refractivity (Wildman–Crippen MR) is 544 cm³/mol. The molecule has 5 saturated heterocycles. The Hall–Kier alpha value is -4.33. The number of terminal acetylenes is 1. The molecule has 136 heavy (non-hydrogen) atoms. The number of allylic oxidation sites excluding steroid dienone is 16. The van der Waals surface area contributed by atoms with Crippen LogP contribution in [0.1, 0.15) is 306 Å². The van der Waals surface area contributed by atoms with E-state index in [4.69, 9.17) is 58.5 Å². The highest BCUT2D eigenvalue weighted by Crippen LogP contribution is 2.70. The highest BCUT2D eigenvalue weighted by molar-refractivity contribution is 15.0. The normalized spacial score (nSPS) is 40.0. The molecule has 26 rings (SSSR count). The number of halogens is 2. The van der Waals surface area contributed by atoms with Gasteiger partial charge in [0.25, 0.3) is 0 Å². The summed E-state index contributed by atoms with van der Waals surface area (Å²) in [5.41, 5.74) is 25.0. The van der Waals surface area contributed by atoms with Crippen LogP contribution < -0.4 is 0 Å². The highest BCUT2D eigenvalue weighted by atomic mass is 128. The molecule has 1 aromatic carbocycles. The van der Waals surface area contributed by atoms with Gasteiger partial charge in [0, 0.05) is 145 Å². The van der Waals surface area contributed by atoms with E-state index in [0.717, 1.165) is 276 Å². The third-order valence-corrected chi connectivity index (χ3v) is 42.1. The van der Waals surface area contributed by atoms with E-state index in [-0.39, 0.29) is 69.2 Å². The number of ketones is 2. The van der Waals surface area contributed by atoms with Crippen molar-refractivity contribution in [3.63, 3.8) is 0 Å². The van der Waals surface area contributed by atoms with Crippen molar-refractivity contribution >= 4 is 59.6 Å². The molecule has 1 aromatic rings. The predicted octanol–water partition coefficient (Wildman–Crippen LogP) is 24.2. The second kappa shape index (κ2) is 37.9. The molecule has 25 aliphatic rings. The summed E-state index contributed by atoms with van der Waals surface area (Å²) < 4.78 is 77.9. The van der Waals surface area contributed by atoms with Crippen LogP contribution in [0.2, 0.25) is 0 Å². The van der Waals surface area contributed by atoms with Crippen LogP contribution in [0.3, 0.4) is 0 Å². The Kier molecular flexibility index (Phi) is 27.6. The molecular weight excluding hydrogens is 1950 g/mol. The van der Waals surface area contributed by atoms with Crippen LogP contribution in [0.15, 0.2) is 178 Å².